The molecule has 0 radical (unpaired) electrons. The van der Waals surface area contributed by atoms with Crippen molar-refractivity contribution in [2.24, 2.45) is 0 Å². The monoisotopic (exact) mass is 408 g/mol. The van der Waals surface area contributed by atoms with Crippen molar-refractivity contribution in [3.8, 4) is 0 Å². The third kappa shape index (κ3) is 5.85. The first-order valence-corrected chi connectivity index (χ1v) is 9.79. The zero-order valence-corrected chi connectivity index (χ0v) is 18.3. The molecule has 5 heteroatoms. The molecule has 1 aromatic carbocycles. The van der Waals surface area contributed by atoms with Crippen LogP contribution in [0.15, 0.2) is 47.2 Å². The Bertz CT molecular complexity index is 474. The Kier molecular flexibility index (Phi) is 16.0. The normalized spacial score (nSPS) is 14.9. The Morgan fingerprint density at radius 1 is 1.05 bits per heavy atom. The molecule has 0 spiro atoms. The molecule has 0 nitrogen and oxygen atoms in total. The standard InChI is InChI=1S/C17H23Si.3ClH.Ti/c1-4-10-15-11-9-14-17(15)18(3,5-2)16-12-7-6-8-13-16;;;;/h6-8,12-14H,4-5,9-10H2,1-3H3;3*1H;/q-1;;;;+4/p-3. The number of allylic oxidation sites excluding steroid dienone is 4. The first-order chi connectivity index (χ1) is 8.72. The molecule has 2 rings (SSSR count). The third-order valence-electron chi connectivity index (χ3n) is 4.16. The smallest absolute Gasteiger partial charge is 1.00 e. The van der Waals surface area contributed by atoms with E-state index in [1.165, 1.54) is 24.5 Å². The molecule has 1 aliphatic rings. The summed E-state index contributed by atoms with van der Waals surface area (Å²) in [5.74, 6) is 0. The van der Waals surface area contributed by atoms with Gasteiger partial charge in [-0.2, -0.15) is 11.3 Å². The maximum atomic E-state index is 3.58. The van der Waals surface area contributed by atoms with Gasteiger partial charge < -0.3 is 37.2 Å². The van der Waals surface area contributed by atoms with Crippen molar-refractivity contribution < 1.29 is 58.9 Å². The van der Waals surface area contributed by atoms with Crippen molar-refractivity contribution in [3.05, 3.63) is 53.3 Å². The fourth-order valence-corrected chi connectivity index (χ4v) is 6.34. The summed E-state index contributed by atoms with van der Waals surface area (Å²) in [7, 11) is -1.51. The third-order valence-corrected chi connectivity index (χ3v) is 8.88. The van der Waals surface area contributed by atoms with Crippen LogP contribution in [0.2, 0.25) is 12.6 Å². The van der Waals surface area contributed by atoms with E-state index in [1.54, 1.807) is 10.4 Å². The van der Waals surface area contributed by atoms with Gasteiger partial charge in [0.15, 0.2) is 0 Å². The van der Waals surface area contributed by atoms with Crippen molar-refractivity contribution in [2.75, 3.05) is 0 Å². The summed E-state index contributed by atoms with van der Waals surface area (Å²) in [5, 5.41) is 3.22. The average molecular weight is 410 g/mol. The quantitative estimate of drug-likeness (QED) is 0.339. The predicted octanol–water partition coefficient (Wildman–Crippen LogP) is -4.60. The maximum Gasteiger partial charge on any atom is 4.00 e. The van der Waals surface area contributed by atoms with Crippen molar-refractivity contribution in [3.63, 3.8) is 0 Å². The van der Waals surface area contributed by atoms with E-state index in [0.29, 0.717) is 0 Å². The molecule has 1 atom stereocenters. The van der Waals surface area contributed by atoms with Crippen molar-refractivity contribution in [1.29, 1.82) is 0 Å². The van der Waals surface area contributed by atoms with E-state index < -0.39 is 8.07 Å². The van der Waals surface area contributed by atoms with Crippen LogP contribution in [0.4, 0.5) is 0 Å². The molecule has 1 aliphatic carbocycles. The molecule has 0 fully saturated rings. The van der Waals surface area contributed by atoms with Gasteiger partial charge in [-0.3, -0.25) is 6.08 Å². The van der Waals surface area contributed by atoms with Crippen LogP contribution in [-0.4, -0.2) is 8.07 Å². The number of hydrogen-bond acceptors (Lipinski definition) is 0. The second-order valence-corrected chi connectivity index (χ2v) is 9.77. The molecule has 22 heavy (non-hydrogen) atoms. The van der Waals surface area contributed by atoms with Crippen molar-refractivity contribution in [2.45, 2.75) is 45.7 Å². The minimum absolute atomic E-state index is 0. The second-order valence-electron chi connectivity index (χ2n) is 5.28. The number of benzene rings is 1. The summed E-state index contributed by atoms with van der Waals surface area (Å²) in [6.07, 6.45) is 9.46. The van der Waals surface area contributed by atoms with Gasteiger partial charge in [0.25, 0.3) is 0 Å². The minimum atomic E-state index is -1.51. The van der Waals surface area contributed by atoms with Gasteiger partial charge in [0, 0.05) is 8.07 Å². The molecule has 0 bridgehead atoms. The summed E-state index contributed by atoms with van der Waals surface area (Å²) >= 11 is 0. The summed E-state index contributed by atoms with van der Waals surface area (Å²) < 4.78 is 0. The van der Waals surface area contributed by atoms with E-state index in [4.69, 9.17) is 0 Å². The predicted molar refractivity (Wildman–Crippen MR) is 82.5 cm³/mol. The number of rotatable bonds is 5. The van der Waals surface area contributed by atoms with Gasteiger partial charge >= 0.3 is 21.7 Å². The van der Waals surface area contributed by atoms with Crippen molar-refractivity contribution >= 4 is 13.3 Å². The van der Waals surface area contributed by atoms with Crippen LogP contribution in [-0.2, 0) is 21.7 Å². The minimum Gasteiger partial charge on any atom is -1.00 e. The van der Waals surface area contributed by atoms with Crippen LogP contribution >= 0.6 is 0 Å². The summed E-state index contributed by atoms with van der Waals surface area (Å²) in [5.41, 5.74) is 1.51. The van der Waals surface area contributed by atoms with Crippen LogP contribution in [0.25, 0.3) is 0 Å². The van der Waals surface area contributed by atoms with E-state index in [1.807, 2.05) is 0 Å². The Labute approximate surface area is 170 Å². The molecular weight excluding hydrogens is 386 g/mol. The molecule has 0 amide bonds. The molecule has 0 aromatic heterocycles. The average Bonchev–Trinajstić information content (AvgIpc) is 2.88. The van der Waals surface area contributed by atoms with Gasteiger partial charge in [-0.05, 0) is 0 Å². The van der Waals surface area contributed by atoms with Crippen LogP contribution in [0.3, 0.4) is 0 Å². The molecule has 0 saturated carbocycles. The van der Waals surface area contributed by atoms with Gasteiger partial charge in [-0.1, -0.05) is 74.8 Å². The molecule has 1 unspecified atom stereocenters. The molecule has 0 heterocycles. The van der Waals surface area contributed by atoms with Gasteiger partial charge in [-0.25, -0.2) is 5.57 Å². The summed E-state index contributed by atoms with van der Waals surface area (Å²) in [6, 6.07) is 12.4. The Balaban J connectivity index is -0.000000902. The molecule has 120 valence electrons. The Morgan fingerprint density at radius 3 is 2.14 bits per heavy atom. The number of hydrogen-bond donors (Lipinski definition) is 0. The molecule has 0 N–H and O–H groups in total. The summed E-state index contributed by atoms with van der Waals surface area (Å²) in [4.78, 5) is 0. The van der Waals surface area contributed by atoms with E-state index in [-0.39, 0.29) is 58.9 Å². The molecule has 1 aromatic rings. The first kappa shape index (κ1) is 27.4. The van der Waals surface area contributed by atoms with E-state index in [2.05, 4.69) is 62.9 Å². The first-order valence-electron chi connectivity index (χ1n) is 7.08. The van der Waals surface area contributed by atoms with E-state index >= 15 is 0 Å². The zero-order chi connectivity index (χ0) is 13.0. The van der Waals surface area contributed by atoms with Crippen LogP contribution < -0.4 is 42.4 Å². The van der Waals surface area contributed by atoms with E-state index in [9.17, 15) is 0 Å². The molecule has 0 saturated heterocycles. The maximum absolute atomic E-state index is 3.58. The Hall–Kier alpha value is 0.501. The van der Waals surface area contributed by atoms with Crippen molar-refractivity contribution in [1.82, 2.24) is 0 Å². The molecule has 0 aliphatic heterocycles. The van der Waals surface area contributed by atoms with E-state index in [0.717, 1.165) is 6.42 Å². The Morgan fingerprint density at radius 2 is 1.64 bits per heavy atom. The largest absolute Gasteiger partial charge is 4.00 e. The SMILES string of the molecule is CCCC1=[C-]CC=C1[Si](C)(CC)c1ccccc1.[Cl-].[Cl-].[Cl-].[Ti+4]. The summed E-state index contributed by atoms with van der Waals surface area (Å²) in [6.45, 7) is 7.12. The van der Waals surface area contributed by atoms with Gasteiger partial charge in [0.05, 0.1) is 0 Å². The second kappa shape index (κ2) is 12.9. The van der Waals surface area contributed by atoms with Gasteiger partial charge in [0.1, 0.15) is 0 Å². The van der Waals surface area contributed by atoms with Crippen LogP contribution in [0.5, 0.6) is 0 Å². The number of halogens is 3. The van der Waals surface area contributed by atoms with Gasteiger partial charge in [0.2, 0.25) is 0 Å². The molecular formula is C17H23Cl3SiTi. The topological polar surface area (TPSA) is 0 Å². The van der Waals surface area contributed by atoms with Gasteiger partial charge in [-0.15, -0.1) is 6.42 Å². The zero-order valence-electron chi connectivity index (χ0n) is 13.4. The van der Waals surface area contributed by atoms with Crippen LogP contribution in [0.1, 0.15) is 33.1 Å². The fourth-order valence-electron chi connectivity index (χ4n) is 2.88. The fraction of sp³-hybridized carbons (Fsp3) is 0.412. The van der Waals surface area contributed by atoms with Crippen LogP contribution in [0, 0.1) is 6.08 Å².